The number of nitrogens with one attached hydrogen (secondary N) is 1. The highest BCUT2D eigenvalue weighted by Gasteiger charge is 2.28. The summed E-state index contributed by atoms with van der Waals surface area (Å²) < 4.78 is 16.0. The molecule has 2 aliphatic heterocycles. The SMILES string of the molecule is COc1ccc(C(=O)CCCCCC(=O)N[C@H](CN2CCCC2)[C@H](O)c2ccc3c(c2)OCO3)cc1. The number of unbranched alkanes of at least 4 members (excludes halogenated alkanes) is 2. The Labute approximate surface area is 212 Å². The number of carbonyl (C=O) groups is 2. The van der Waals surface area contributed by atoms with Crippen LogP contribution in [0.2, 0.25) is 0 Å². The average Bonchev–Trinajstić information content (AvgIpc) is 3.59. The van der Waals surface area contributed by atoms with Crippen LogP contribution >= 0.6 is 0 Å². The minimum Gasteiger partial charge on any atom is -0.497 e. The van der Waals surface area contributed by atoms with Gasteiger partial charge in [-0.3, -0.25) is 9.59 Å². The second-order valence-corrected chi connectivity index (χ2v) is 9.45. The summed E-state index contributed by atoms with van der Waals surface area (Å²) in [6, 6.07) is 12.1. The Morgan fingerprint density at radius 2 is 1.72 bits per heavy atom. The highest BCUT2D eigenvalue weighted by atomic mass is 16.7. The normalized spacial score (nSPS) is 16.5. The maximum absolute atomic E-state index is 12.8. The lowest BCUT2D eigenvalue weighted by molar-refractivity contribution is -0.123. The van der Waals surface area contributed by atoms with E-state index < -0.39 is 12.1 Å². The zero-order valence-electron chi connectivity index (χ0n) is 20.9. The first-order valence-electron chi connectivity index (χ1n) is 12.8. The molecule has 0 aliphatic carbocycles. The third-order valence-electron chi connectivity index (χ3n) is 6.84. The molecule has 0 spiro atoms. The van der Waals surface area contributed by atoms with Gasteiger partial charge in [-0.1, -0.05) is 12.5 Å². The van der Waals surface area contributed by atoms with Crippen molar-refractivity contribution in [3.8, 4) is 17.2 Å². The molecule has 36 heavy (non-hydrogen) atoms. The van der Waals surface area contributed by atoms with E-state index in [2.05, 4.69) is 10.2 Å². The van der Waals surface area contributed by atoms with E-state index in [1.54, 1.807) is 43.5 Å². The van der Waals surface area contributed by atoms with E-state index in [1.807, 2.05) is 6.07 Å². The Balaban J connectivity index is 1.24. The number of methoxy groups -OCH3 is 1. The molecule has 8 nitrogen and oxygen atoms in total. The smallest absolute Gasteiger partial charge is 0.231 e. The maximum atomic E-state index is 12.8. The number of amides is 1. The molecule has 4 rings (SSSR count). The van der Waals surface area contributed by atoms with Crippen LogP contribution in [-0.2, 0) is 4.79 Å². The van der Waals surface area contributed by atoms with Gasteiger partial charge in [0, 0.05) is 24.9 Å². The molecule has 1 saturated heterocycles. The molecule has 1 fully saturated rings. The zero-order chi connectivity index (χ0) is 25.3. The van der Waals surface area contributed by atoms with Crippen molar-refractivity contribution in [3.05, 3.63) is 53.6 Å². The Bertz CT molecular complexity index is 1020. The molecule has 0 bridgehead atoms. The number of likely N-dealkylation sites (tertiary alicyclic amines) is 1. The maximum Gasteiger partial charge on any atom is 0.231 e. The average molecular weight is 497 g/mol. The molecule has 2 aromatic rings. The van der Waals surface area contributed by atoms with E-state index in [4.69, 9.17) is 14.2 Å². The van der Waals surface area contributed by atoms with Crippen LogP contribution in [0.15, 0.2) is 42.5 Å². The number of hydrogen-bond acceptors (Lipinski definition) is 7. The van der Waals surface area contributed by atoms with Gasteiger partial charge in [0.1, 0.15) is 11.9 Å². The number of carbonyl (C=O) groups excluding carboxylic acids is 2. The zero-order valence-corrected chi connectivity index (χ0v) is 20.9. The van der Waals surface area contributed by atoms with Gasteiger partial charge in [0.25, 0.3) is 0 Å². The van der Waals surface area contributed by atoms with Gasteiger partial charge in [0.05, 0.1) is 13.2 Å². The van der Waals surface area contributed by atoms with Gasteiger partial charge >= 0.3 is 0 Å². The standard InChI is InChI=1S/C28H36N2O6/c1-34-22-12-9-20(10-13-22)24(31)7-3-2-4-8-27(32)29-23(18-30-15-5-6-16-30)28(33)21-11-14-25-26(17-21)36-19-35-25/h9-14,17,23,28,33H,2-8,15-16,18-19H2,1H3,(H,29,32)/t23-,28-/m1/s1. The number of nitrogens with zero attached hydrogens (tertiary/aromatic N) is 1. The van der Waals surface area contributed by atoms with Crippen LogP contribution < -0.4 is 19.5 Å². The third kappa shape index (κ3) is 6.98. The lowest BCUT2D eigenvalue weighted by Gasteiger charge is -2.29. The fourth-order valence-electron chi connectivity index (χ4n) is 4.75. The Morgan fingerprint density at radius 3 is 2.47 bits per heavy atom. The summed E-state index contributed by atoms with van der Waals surface area (Å²) in [7, 11) is 1.60. The highest BCUT2D eigenvalue weighted by molar-refractivity contribution is 5.96. The molecule has 2 N–H and O–H groups in total. The molecule has 8 heteroatoms. The van der Waals surface area contributed by atoms with E-state index in [-0.39, 0.29) is 18.5 Å². The summed E-state index contributed by atoms with van der Waals surface area (Å²) in [5, 5.41) is 14.2. The quantitative estimate of drug-likeness (QED) is 0.321. The van der Waals surface area contributed by atoms with Crippen LogP contribution in [0.3, 0.4) is 0 Å². The summed E-state index contributed by atoms with van der Waals surface area (Å²) in [6.45, 7) is 2.72. The summed E-state index contributed by atoms with van der Waals surface area (Å²) in [4.78, 5) is 27.4. The highest BCUT2D eigenvalue weighted by Crippen LogP contribution is 2.35. The second-order valence-electron chi connectivity index (χ2n) is 9.45. The molecule has 0 radical (unpaired) electrons. The van der Waals surface area contributed by atoms with Crippen molar-refractivity contribution in [1.82, 2.24) is 10.2 Å². The number of hydrogen-bond donors (Lipinski definition) is 2. The van der Waals surface area contributed by atoms with Gasteiger partial charge in [0.15, 0.2) is 17.3 Å². The van der Waals surface area contributed by atoms with Crippen LogP contribution in [0.4, 0.5) is 0 Å². The van der Waals surface area contributed by atoms with Gasteiger partial charge in [-0.15, -0.1) is 0 Å². The Hall–Kier alpha value is -3.10. The molecular formula is C28H36N2O6. The van der Waals surface area contributed by atoms with Crippen LogP contribution in [0.5, 0.6) is 17.2 Å². The lowest BCUT2D eigenvalue weighted by atomic mass is 10.0. The number of benzene rings is 2. The summed E-state index contributed by atoms with van der Waals surface area (Å²) >= 11 is 0. The van der Waals surface area contributed by atoms with Gasteiger partial charge in [-0.05, 0) is 80.7 Å². The fraction of sp³-hybridized carbons (Fsp3) is 0.500. The number of aliphatic hydroxyl groups is 1. The molecule has 194 valence electrons. The Kier molecular flexibility index (Phi) is 9.19. The monoisotopic (exact) mass is 496 g/mol. The van der Waals surface area contributed by atoms with Crippen molar-refractivity contribution in [2.45, 2.75) is 57.1 Å². The Morgan fingerprint density at radius 1 is 1.00 bits per heavy atom. The predicted molar refractivity (Wildman–Crippen MR) is 136 cm³/mol. The van der Waals surface area contributed by atoms with Crippen molar-refractivity contribution in [2.24, 2.45) is 0 Å². The van der Waals surface area contributed by atoms with Crippen molar-refractivity contribution in [3.63, 3.8) is 0 Å². The molecule has 2 atom stereocenters. The van der Waals surface area contributed by atoms with Crippen LogP contribution in [0.25, 0.3) is 0 Å². The first kappa shape index (κ1) is 26.0. The molecule has 2 aromatic carbocycles. The van der Waals surface area contributed by atoms with E-state index in [9.17, 15) is 14.7 Å². The van der Waals surface area contributed by atoms with Gasteiger partial charge in [-0.2, -0.15) is 0 Å². The largest absolute Gasteiger partial charge is 0.497 e. The number of rotatable bonds is 13. The molecule has 2 heterocycles. The van der Waals surface area contributed by atoms with E-state index in [1.165, 1.54) is 0 Å². The van der Waals surface area contributed by atoms with Crippen molar-refractivity contribution < 1.29 is 28.9 Å². The number of fused-ring (bicyclic) bond motifs is 1. The van der Waals surface area contributed by atoms with Crippen LogP contribution in [0.1, 0.15) is 67.0 Å². The molecule has 0 aromatic heterocycles. The van der Waals surface area contributed by atoms with Gasteiger partial charge in [-0.25, -0.2) is 0 Å². The predicted octanol–water partition coefficient (Wildman–Crippen LogP) is 3.87. The van der Waals surface area contributed by atoms with E-state index in [0.717, 1.165) is 44.5 Å². The van der Waals surface area contributed by atoms with Gasteiger partial charge in [0.2, 0.25) is 12.7 Å². The second kappa shape index (κ2) is 12.7. The van der Waals surface area contributed by atoms with Gasteiger partial charge < -0.3 is 29.5 Å². The number of ketones is 1. The fourth-order valence-corrected chi connectivity index (χ4v) is 4.75. The van der Waals surface area contributed by atoms with Crippen LogP contribution in [-0.4, -0.2) is 61.3 Å². The van der Waals surface area contributed by atoms with Crippen molar-refractivity contribution in [2.75, 3.05) is 33.5 Å². The molecular weight excluding hydrogens is 460 g/mol. The molecule has 1 amide bonds. The van der Waals surface area contributed by atoms with Crippen molar-refractivity contribution in [1.29, 1.82) is 0 Å². The number of ether oxygens (including phenoxy) is 3. The summed E-state index contributed by atoms with van der Waals surface area (Å²) in [5.41, 5.74) is 1.37. The lowest BCUT2D eigenvalue weighted by Crippen LogP contribution is -2.46. The third-order valence-corrected chi connectivity index (χ3v) is 6.84. The number of Topliss-reactive ketones (excluding diaryl/α,β-unsaturated/α-hetero) is 1. The first-order valence-corrected chi connectivity index (χ1v) is 12.8. The molecule has 0 saturated carbocycles. The van der Waals surface area contributed by atoms with E-state index in [0.29, 0.717) is 48.4 Å². The topological polar surface area (TPSA) is 97.3 Å². The summed E-state index contributed by atoms with van der Waals surface area (Å²) in [6.07, 6.45) is 4.44. The molecule has 2 aliphatic rings. The number of aliphatic hydroxyl groups excluding tert-OH is 1. The van der Waals surface area contributed by atoms with Crippen LogP contribution in [0, 0.1) is 0 Å². The minimum atomic E-state index is -0.855. The van der Waals surface area contributed by atoms with Crippen molar-refractivity contribution >= 4 is 11.7 Å². The minimum absolute atomic E-state index is 0.0829. The van der Waals surface area contributed by atoms with E-state index >= 15 is 0 Å². The first-order chi connectivity index (χ1) is 17.5. The molecule has 0 unspecified atom stereocenters. The summed E-state index contributed by atoms with van der Waals surface area (Å²) in [5.74, 6) is 2.02.